The Kier molecular flexibility index (Phi) is 9.96. The van der Waals surface area contributed by atoms with Gasteiger partial charge in [0.15, 0.2) is 11.6 Å². The highest BCUT2D eigenvalue weighted by molar-refractivity contribution is 8.00. The number of ketones is 2. The van der Waals surface area contributed by atoms with Gasteiger partial charge in [-0.05, 0) is 55.5 Å². The highest BCUT2D eigenvalue weighted by atomic mass is 32.2. The molecule has 1 unspecified atom stereocenters. The molecule has 3 amide bonds. The van der Waals surface area contributed by atoms with Gasteiger partial charge in [0.25, 0.3) is 17.5 Å². The van der Waals surface area contributed by atoms with Crippen LogP contribution in [0.15, 0.2) is 132 Å². The average molecular weight is 697 g/mol. The predicted octanol–water partition coefficient (Wildman–Crippen LogP) is 6.90. The quantitative estimate of drug-likeness (QED) is 0.0603. The molecule has 0 aliphatic heterocycles. The topological polar surface area (TPSA) is 165 Å². The van der Waals surface area contributed by atoms with E-state index in [9.17, 15) is 34.1 Å². The number of benzene rings is 5. The molecule has 11 nitrogen and oxygen atoms in total. The van der Waals surface area contributed by atoms with Crippen LogP contribution in [0.4, 0.5) is 17.1 Å². The Morgan fingerprint density at radius 2 is 1.39 bits per heavy atom. The first kappa shape index (κ1) is 34.2. The molecular weight excluding hydrogens is 669 g/mol. The summed E-state index contributed by atoms with van der Waals surface area (Å²) in [6.07, 6.45) is 1.23. The average Bonchev–Trinajstić information content (AvgIpc) is 3.14. The fraction of sp³-hybridized carbons (Fsp3) is 0.0513. The van der Waals surface area contributed by atoms with Crippen LogP contribution >= 0.6 is 11.8 Å². The van der Waals surface area contributed by atoms with Crippen molar-refractivity contribution >= 4 is 64.2 Å². The van der Waals surface area contributed by atoms with E-state index < -0.39 is 27.9 Å². The molecule has 5 aromatic carbocycles. The second-order valence-corrected chi connectivity index (χ2v) is 12.8. The van der Waals surface area contributed by atoms with Crippen LogP contribution in [0.5, 0.6) is 0 Å². The number of thioether (sulfide) groups is 1. The number of hydrogen-bond donors (Lipinski definition) is 3. The lowest BCUT2D eigenvalue weighted by molar-refractivity contribution is -0.385. The SMILES string of the molecule is CC(Sc1cccc(NC(=O)/C(=C\c2ccccc2[N+](=O)[O-])NC(=O)c2ccccc2)c1)C(=O)Nc1cccc2c1C(=O)c1ccccc1C2=O. The molecule has 51 heavy (non-hydrogen) atoms. The van der Waals surface area contributed by atoms with Gasteiger partial charge in [0, 0.05) is 38.9 Å². The van der Waals surface area contributed by atoms with Crippen LogP contribution in [0.2, 0.25) is 0 Å². The van der Waals surface area contributed by atoms with Gasteiger partial charge >= 0.3 is 0 Å². The summed E-state index contributed by atoms with van der Waals surface area (Å²) in [5.41, 5.74) is 1.42. The number of anilines is 2. The van der Waals surface area contributed by atoms with Gasteiger partial charge < -0.3 is 16.0 Å². The van der Waals surface area contributed by atoms with Crippen molar-refractivity contribution in [2.24, 2.45) is 0 Å². The first-order chi connectivity index (χ1) is 24.6. The zero-order valence-electron chi connectivity index (χ0n) is 26.9. The fourth-order valence-electron chi connectivity index (χ4n) is 5.46. The number of rotatable bonds is 10. The first-order valence-electron chi connectivity index (χ1n) is 15.6. The molecule has 1 aliphatic carbocycles. The van der Waals surface area contributed by atoms with Gasteiger partial charge in [-0.3, -0.25) is 34.1 Å². The number of carbonyl (C=O) groups excluding carboxylic acids is 5. The maximum Gasteiger partial charge on any atom is 0.276 e. The molecule has 0 bridgehead atoms. The van der Waals surface area contributed by atoms with Crippen LogP contribution in [0.1, 0.15) is 54.7 Å². The number of fused-ring (bicyclic) bond motifs is 2. The maximum absolute atomic E-state index is 13.6. The summed E-state index contributed by atoms with van der Waals surface area (Å²) in [4.78, 5) is 78.1. The molecular formula is C39H28N4O7S. The number of amides is 3. The van der Waals surface area contributed by atoms with Crippen molar-refractivity contribution in [3.63, 3.8) is 0 Å². The summed E-state index contributed by atoms with van der Waals surface area (Å²) in [5.74, 6) is -2.39. The number of nitro groups is 1. The lowest BCUT2D eigenvalue weighted by atomic mass is 9.83. The van der Waals surface area contributed by atoms with Gasteiger partial charge in [0.05, 0.1) is 27.0 Å². The third kappa shape index (κ3) is 7.51. The molecule has 6 rings (SSSR count). The molecule has 5 aromatic rings. The standard InChI is InChI=1S/C39H28N4O7S/c1-23(37(46)41-31-19-10-18-30-34(31)36(45)29-17-7-6-16-28(29)35(30)44)51-27-15-9-14-26(22-27)40-39(48)32(42-38(47)24-11-3-2-4-12-24)21-25-13-5-8-20-33(25)43(49)50/h2-23H,1H3,(H,40,48)(H,41,46)(H,42,47)/b32-21+. The highest BCUT2D eigenvalue weighted by Crippen LogP contribution is 2.33. The summed E-state index contributed by atoms with van der Waals surface area (Å²) in [5, 5.41) is 19.1. The van der Waals surface area contributed by atoms with Gasteiger partial charge in [-0.2, -0.15) is 0 Å². The van der Waals surface area contributed by atoms with Gasteiger partial charge in [0.1, 0.15) is 5.70 Å². The van der Waals surface area contributed by atoms with Crippen LogP contribution in [-0.4, -0.2) is 39.5 Å². The van der Waals surface area contributed by atoms with Gasteiger partial charge in [0.2, 0.25) is 5.91 Å². The molecule has 0 heterocycles. The van der Waals surface area contributed by atoms with Crippen LogP contribution in [0.3, 0.4) is 0 Å². The maximum atomic E-state index is 13.6. The molecule has 1 atom stereocenters. The summed E-state index contributed by atoms with van der Waals surface area (Å²) in [6.45, 7) is 1.68. The van der Waals surface area contributed by atoms with Crippen LogP contribution in [0, 0.1) is 10.1 Å². The molecule has 0 spiro atoms. The Hall–Kier alpha value is -6.66. The molecule has 0 saturated carbocycles. The minimum absolute atomic E-state index is 0.111. The van der Waals surface area contributed by atoms with Gasteiger partial charge in [-0.1, -0.05) is 72.8 Å². The number of nitrogens with zero attached hydrogens (tertiary/aromatic N) is 1. The smallest absolute Gasteiger partial charge is 0.276 e. The van der Waals surface area contributed by atoms with Gasteiger partial charge in [-0.15, -0.1) is 11.8 Å². The van der Waals surface area contributed by atoms with Crippen molar-refractivity contribution in [2.45, 2.75) is 17.1 Å². The van der Waals surface area contributed by atoms with Gasteiger partial charge in [-0.25, -0.2) is 0 Å². The third-order valence-corrected chi connectivity index (χ3v) is 9.04. The number of hydrogen-bond acceptors (Lipinski definition) is 8. The van der Waals surface area contributed by atoms with Crippen molar-refractivity contribution in [1.82, 2.24) is 5.32 Å². The van der Waals surface area contributed by atoms with Crippen LogP contribution in [-0.2, 0) is 9.59 Å². The van der Waals surface area contributed by atoms with Crippen molar-refractivity contribution in [1.29, 1.82) is 0 Å². The zero-order valence-corrected chi connectivity index (χ0v) is 27.7. The molecule has 0 fully saturated rings. The molecule has 1 aliphatic rings. The molecule has 12 heteroatoms. The Morgan fingerprint density at radius 3 is 2.14 bits per heavy atom. The van der Waals surface area contributed by atoms with E-state index >= 15 is 0 Å². The van der Waals surface area contributed by atoms with E-state index in [-0.39, 0.29) is 56.5 Å². The summed E-state index contributed by atoms with van der Waals surface area (Å²) in [7, 11) is 0. The van der Waals surface area contributed by atoms with Crippen molar-refractivity contribution in [3.8, 4) is 0 Å². The lowest BCUT2D eigenvalue weighted by Gasteiger charge is -2.21. The van der Waals surface area contributed by atoms with E-state index in [0.29, 0.717) is 16.1 Å². The first-order valence-corrected chi connectivity index (χ1v) is 16.5. The summed E-state index contributed by atoms with van der Waals surface area (Å²) in [6, 6.07) is 32.0. The Labute approximate surface area is 295 Å². The number of nitrogens with one attached hydrogen (secondary N) is 3. The van der Waals surface area contributed by atoms with Crippen molar-refractivity contribution < 1.29 is 28.9 Å². The van der Waals surface area contributed by atoms with E-state index in [1.165, 1.54) is 36.0 Å². The van der Waals surface area contributed by atoms with Crippen molar-refractivity contribution in [3.05, 3.63) is 171 Å². The van der Waals surface area contributed by atoms with Crippen LogP contribution in [0.25, 0.3) is 6.08 Å². The van der Waals surface area contributed by atoms with E-state index in [1.54, 1.807) is 110 Å². The second kappa shape index (κ2) is 14.8. The Balaban J connectivity index is 1.19. The minimum atomic E-state index is -0.736. The number of nitro benzene ring substituents is 1. The molecule has 0 aromatic heterocycles. The van der Waals surface area contributed by atoms with Crippen LogP contribution < -0.4 is 16.0 Å². The molecule has 3 N–H and O–H groups in total. The monoisotopic (exact) mass is 696 g/mol. The van der Waals surface area contributed by atoms with Crippen molar-refractivity contribution in [2.75, 3.05) is 10.6 Å². The summed E-state index contributed by atoms with van der Waals surface area (Å²) < 4.78 is 0. The third-order valence-electron chi connectivity index (χ3n) is 7.95. The highest BCUT2D eigenvalue weighted by Gasteiger charge is 2.32. The second-order valence-electron chi connectivity index (χ2n) is 11.4. The van der Waals surface area contributed by atoms with E-state index in [2.05, 4.69) is 16.0 Å². The number of para-hydroxylation sites is 1. The Morgan fingerprint density at radius 1 is 0.745 bits per heavy atom. The van der Waals surface area contributed by atoms with E-state index in [1.807, 2.05) is 0 Å². The predicted molar refractivity (Wildman–Crippen MR) is 194 cm³/mol. The largest absolute Gasteiger partial charge is 0.324 e. The van der Waals surface area contributed by atoms with E-state index in [4.69, 9.17) is 0 Å². The number of carbonyl (C=O) groups is 5. The minimum Gasteiger partial charge on any atom is -0.324 e. The Bertz CT molecular complexity index is 2270. The molecule has 0 radical (unpaired) electrons. The normalized spacial score (nSPS) is 12.6. The molecule has 252 valence electrons. The summed E-state index contributed by atoms with van der Waals surface area (Å²) >= 11 is 1.19. The zero-order chi connectivity index (χ0) is 36.1. The molecule has 0 saturated heterocycles. The van der Waals surface area contributed by atoms with E-state index in [0.717, 1.165) is 0 Å². The lowest BCUT2D eigenvalue weighted by Crippen LogP contribution is -2.30. The fourth-order valence-corrected chi connectivity index (χ4v) is 6.39.